The Bertz CT molecular complexity index is 1040. The van der Waals surface area contributed by atoms with E-state index in [0.717, 1.165) is 6.21 Å². The zero-order valence-corrected chi connectivity index (χ0v) is 18.7. The Morgan fingerprint density at radius 2 is 2.00 bits per heavy atom. The predicted molar refractivity (Wildman–Crippen MR) is 116 cm³/mol. The van der Waals surface area contributed by atoms with Gasteiger partial charge < -0.3 is 14.9 Å². The minimum Gasteiger partial charge on any atom is -0.468 e. The first-order valence-electron chi connectivity index (χ1n) is 9.78. The maximum atomic E-state index is 13.0. The molecule has 1 heterocycles. The summed E-state index contributed by atoms with van der Waals surface area (Å²) in [6.45, 7) is 3.10. The van der Waals surface area contributed by atoms with Crippen LogP contribution < -0.4 is 0 Å². The van der Waals surface area contributed by atoms with Gasteiger partial charge >= 0.3 is 11.9 Å². The second-order valence-corrected chi connectivity index (χ2v) is 9.43. The van der Waals surface area contributed by atoms with Crippen LogP contribution in [0, 0.1) is 27.4 Å². The Labute approximate surface area is 185 Å². The second kappa shape index (κ2) is 10.4. The molecule has 0 bridgehead atoms. The molecule has 0 radical (unpaired) electrons. The molecule has 1 aromatic carbocycles. The van der Waals surface area contributed by atoms with Crippen LogP contribution in [0.5, 0.6) is 0 Å². The average molecular weight is 468 g/mol. The highest BCUT2D eigenvalue weighted by atomic mass is 32.2. The number of aliphatic imine (C=N–C) groups is 1. The van der Waals surface area contributed by atoms with Crippen molar-refractivity contribution in [1.82, 2.24) is 0 Å². The number of nitro groups is 1. The molecule has 4 unspecified atom stereocenters. The summed E-state index contributed by atoms with van der Waals surface area (Å²) in [4.78, 5) is 40.7. The molecule has 32 heavy (non-hydrogen) atoms. The number of carbonyl (C=O) groups is 2. The van der Waals surface area contributed by atoms with E-state index in [0.29, 0.717) is 0 Å². The number of nitrogens with zero attached hydrogens (tertiary/aromatic N) is 2. The summed E-state index contributed by atoms with van der Waals surface area (Å²) < 4.78 is 34.9. The number of hydrogen-bond acceptors (Lipinski definition) is 10. The number of sulfone groups is 1. The number of ether oxygens (including phenoxy) is 2. The molecular weight excluding hydrogens is 442 g/mol. The number of carbonyl (C=O) groups excluding carboxylic acids is 2. The van der Waals surface area contributed by atoms with Gasteiger partial charge in [0.05, 0.1) is 42.1 Å². The molecule has 1 N–H and O–H groups in total. The topological polar surface area (TPSA) is 166 Å². The molecule has 174 valence electrons. The Morgan fingerprint density at radius 3 is 2.56 bits per heavy atom. The van der Waals surface area contributed by atoms with E-state index >= 15 is 0 Å². The zero-order valence-electron chi connectivity index (χ0n) is 17.9. The van der Waals surface area contributed by atoms with E-state index in [9.17, 15) is 28.1 Å². The number of rotatable bonds is 9. The average Bonchev–Trinajstić information content (AvgIpc) is 2.72. The van der Waals surface area contributed by atoms with Crippen molar-refractivity contribution in [3.05, 3.63) is 39.9 Å². The molecule has 12 heteroatoms. The summed E-state index contributed by atoms with van der Waals surface area (Å²) in [7, 11) is -2.62. The van der Waals surface area contributed by atoms with Crippen molar-refractivity contribution in [2.45, 2.75) is 25.8 Å². The molecule has 0 amide bonds. The van der Waals surface area contributed by atoms with Gasteiger partial charge in [0.25, 0.3) is 5.69 Å². The van der Waals surface area contributed by atoms with Gasteiger partial charge in [0, 0.05) is 30.0 Å². The SMILES string of the molecule is CCOC(=O)C1C(CS(=O)(=O)CC=N)N=C(C)C(C(=O)OC)C1c1cccc([N+](=O)[O-])c1. The monoisotopic (exact) mass is 467 g/mol. The van der Waals surface area contributed by atoms with Gasteiger partial charge in [-0.15, -0.1) is 0 Å². The molecule has 0 saturated carbocycles. The van der Waals surface area contributed by atoms with Crippen LogP contribution in [0.25, 0.3) is 0 Å². The standard InChI is InChI=1S/C20H25N3O8S/c1-4-31-20(25)18-15(11-32(28,29)9-8-21)22-12(2)16(19(24)30-3)17(18)13-6-5-7-14(10-13)23(26)27/h5-8,10,15-18,21H,4,9,11H2,1-3H3. The molecule has 11 nitrogen and oxygen atoms in total. The third kappa shape index (κ3) is 5.55. The highest BCUT2D eigenvalue weighted by Gasteiger charge is 2.50. The Kier molecular flexibility index (Phi) is 8.19. The second-order valence-electron chi connectivity index (χ2n) is 7.28. The van der Waals surface area contributed by atoms with E-state index in [4.69, 9.17) is 14.9 Å². The largest absolute Gasteiger partial charge is 0.468 e. The molecule has 0 fully saturated rings. The molecule has 0 saturated heterocycles. The van der Waals surface area contributed by atoms with Gasteiger partial charge in [-0.2, -0.15) is 0 Å². The maximum absolute atomic E-state index is 13.0. The van der Waals surface area contributed by atoms with Crippen molar-refractivity contribution in [1.29, 1.82) is 5.41 Å². The molecule has 4 atom stereocenters. The Morgan fingerprint density at radius 1 is 1.31 bits per heavy atom. The van der Waals surface area contributed by atoms with Crippen molar-refractivity contribution in [2.75, 3.05) is 25.2 Å². The minimum absolute atomic E-state index is 0.00253. The first kappa shape index (κ1) is 25.1. The minimum atomic E-state index is -3.79. The summed E-state index contributed by atoms with van der Waals surface area (Å²) in [6.07, 6.45) is 0.739. The lowest BCUT2D eigenvalue weighted by Crippen LogP contribution is -2.48. The third-order valence-electron chi connectivity index (χ3n) is 5.22. The molecule has 1 aliphatic rings. The van der Waals surface area contributed by atoms with Crippen LogP contribution in [0.2, 0.25) is 0 Å². The smallest absolute Gasteiger partial charge is 0.315 e. The van der Waals surface area contributed by atoms with Gasteiger partial charge in [0.15, 0.2) is 9.84 Å². The van der Waals surface area contributed by atoms with Crippen LogP contribution in [0.1, 0.15) is 25.3 Å². The quantitative estimate of drug-likeness (QED) is 0.247. The molecule has 0 aliphatic carbocycles. The van der Waals surface area contributed by atoms with Crippen molar-refractivity contribution >= 4 is 39.4 Å². The lowest BCUT2D eigenvalue weighted by molar-refractivity contribution is -0.384. The van der Waals surface area contributed by atoms with Crippen LogP contribution in [-0.4, -0.2) is 68.5 Å². The van der Waals surface area contributed by atoms with E-state index < -0.39 is 62.0 Å². The van der Waals surface area contributed by atoms with Crippen LogP contribution in [0.4, 0.5) is 5.69 Å². The lowest BCUT2D eigenvalue weighted by Gasteiger charge is -2.38. The van der Waals surface area contributed by atoms with Crippen molar-refractivity contribution in [3.63, 3.8) is 0 Å². The van der Waals surface area contributed by atoms with E-state index in [-0.39, 0.29) is 23.6 Å². The molecule has 0 aromatic heterocycles. The third-order valence-corrected chi connectivity index (χ3v) is 6.75. The number of non-ortho nitro benzene ring substituents is 1. The van der Waals surface area contributed by atoms with Gasteiger partial charge in [-0.3, -0.25) is 24.7 Å². The molecule has 1 aliphatic heterocycles. The fourth-order valence-corrected chi connectivity index (χ4v) is 5.15. The number of methoxy groups -OCH3 is 1. The molecular formula is C20H25N3O8S. The number of benzene rings is 1. The van der Waals surface area contributed by atoms with Crippen molar-refractivity contribution < 1.29 is 32.4 Å². The number of nitrogens with one attached hydrogen (secondary N) is 1. The molecule has 2 rings (SSSR count). The Balaban J connectivity index is 2.73. The van der Waals surface area contributed by atoms with Crippen LogP contribution >= 0.6 is 0 Å². The summed E-state index contributed by atoms with van der Waals surface area (Å²) in [5, 5.41) is 18.4. The molecule has 0 spiro atoms. The fraction of sp³-hybridized carbons (Fsp3) is 0.500. The summed E-state index contributed by atoms with van der Waals surface area (Å²) in [5.74, 6) is -5.86. The van der Waals surface area contributed by atoms with E-state index in [1.54, 1.807) is 6.92 Å². The van der Waals surface area contributed by atoms with E-state index in [1.807, 2.05) is 0 Å². The summed E-state index contributed by atoms with van der Waals surface area (Å²) in [6, 6.07) is 4.36. The highest BCUT2D eigenvalue weighted by molar-refractivity contribution is 7.92. The first-order valence-corrected chi connectivity index (χ1v) is 11.6. The number of esters is 2. The first-order chi connectivity index (χ1) is 15.1. The Hall–Kier alpha value is -3.15. The predicted octanol–water partition coefficient (Wildman–Crippen LogP) is 1.55. The van der Waals surface area contributed by atoms with Gasteiger partial charge in [0.1, 0.15) is 5.92 Å². The fourth-order valence-electron chi connectivity index (χ4n) is 3.96. The van der Waals surface area contributed by atoms with Crippen LogP contribution in [0.15, 0.2) is 29.3 Å². The van der Waals surface area contributed by atoms with Gasteiger partial charge in [-0.1, -0.05) is 12.1 Å². The van der Waals surface area contributed by atoms with Crippen LogP contribution in [-0.2, 0) is 28.9 Å². The summed E-state index contributed by atoms with van der Waals surface area (Å²) in [5.41, 5.74) is 0.280. The van der Waals surface area contributed by atoms with Gasteiger partial charge in [-0.05, 0) is 19.4 Å². The van der Waals surface area contributed by atoms with E-state index in [1.165, 1.54) is 38.3 Å². The maximum Gasteiger partial charge on any atom is 0.315 e. The van der Waals surface area contributed by atoms with Crippen LogP contribution in [0.3, 0.4) is 0 Å². The van der Waals surface area contributed by atoms with Crippen molar-refractivity contribution in [3.8, 4) is 0 Å². The normalized spacial score (nSPS) is 23.0. The number of hydrogen-bond donors (Lipinski definition) is 1. The zero-order chi connectivity index (χ0) is 24.1. The van der Waals surface area contributed by atoms with Gasteiger partial charge in [-0.25, -0.2) is 8.42 Å². The van der Waals surface area contributed by atoms with Gasteiger partial charge in [0.2, 0.25) is 0 Å². The lowest BCUT2D eigenvalue weighted by atomic mass is 9.70. The highest BCUT2D eigenvalue weighted by Crippen LogP contribution is 2.42. The molecule has 1 aromatic rings. The summed E-state index contributed by atoms with van der Waals surface area (Å²) >= 11 is 0. The number of nitro benzene ring substituents is 1. The van der Waals surface area contributed by atoms with E-state index in [2.05, 4.69) is 4.99 Å². The van der Waals surface area contributed by atoms with Crippen molar-refractivity contribution in [2.24, 2.45) is 16.8 Å².